The van der Waals surface area contributed by atoms with Crippen LogP contribution in [0.3, 0.4) is 0 Å². The van der Waals surface area contributed by atoms with Crippen LogP contribution in [0.25, 0.3) is 0 Å². The van der Waals surface area contributed by atoms with Gasteiger partial charge in [0.15, 0.2) is 0 Å². The number of carbonyl (C=O) groups is 1. The monoisotopic (exact) mass is 180 g/mol. The predicted molar refractivity (Wildman–Crippen MR) is 46.8 cm³/mol. The van der Waals surface area contributed by atoms with Gasteiger partial charge in [0.05, 0.1) is 6.21 Å². The summed E-state index contributed by atoms with van der Waals surface area (Å²) in [7, 11) is 0. The molecule has 0 spiro atoms. The van der Waals surface area contributed by atoms with Gasteiger partial charge in [-0.1, -0.05) is 0 Å². The first kappa shape index (κ1) is 8.91. The lowest BCUT2D eigenvalue weighted by Gasteiger charge is -1.92. The fourth-order valence-electron chi connectivity index (χ4n) is 0.585. The summed E-state index contributed by atoms with van der Waals surface area (Å²) < 4.78 is 0. The fourth-order valence-corrected chi connectivity index (χ4v) is 0.585. The Morgan fingerprint density at radius 1 is 1.54 bits per heavy atom. The molecule has 7 heteroatoms. The Labute approximate surface area is 73.9 Å². The second-order valence-electron chi connectivity index (χ2n) is 2.11. The van der Waals surface area contributed by atoms with Crippen molar-refractivity contribution in [2.75, 3.05) is 5.73 Å². The Bertz CT molecular complexity index is 318. The van der Waals surface area contributed by atoms with Crippen LogP contribution in [-0.2, 0) is 0 Å². The van der Waals surface area contributed by atoms with Crippen LogP contribution in [0.5, 0.6) is 0 Å². The number of nitrogen functional groups attached to an aromatic ring is 1. The number of hydrogen-bond donors (Lipinski definition) is 3. The van der Waals surface area contributed by atoms with Crippen LogP contribution in [0.15, 0.2) is 17.5 Å². The van der Waals surface area contributed by atoms with Crippen LogP contribution < -0.4 is 16.9 Å². The third kappa shape index (κ3) is 3.14. The number of nitrogens with one attached hydrogen (secondary N) is 1. The summed E-state index contributed by atoms with van der Waals surface area (Å²) in [5.74, 6) is 0.181. The van der Waals surface area contributed by atoms with Gasteiger partial charge in [0.1, 0.15) is 0 Å². The Morgan fingerprint density at radius 2 is 2.15 bits per heavy atom. The fraction of sp³-hybridized carbons (Fsp3) is 0. The summed E-state index contributed by atoms with van der Waals surface area (Å²) in [6.45, 7) is 0. The van der Waals surface area contributed by atoms with Crippen LogP contribution >= 0.6 is 0 Å². The van der Waals surface area contributed by atoms with Crippen LogP contribution in [0, 0.1) is 0 Å². The van der Waals surface area contributed by atoms with Gasteiger partial charge in [-0.2, -0.15) is 5.10 Å². The zero-order chi connectivity index (χ0) is 9.68. The number of urea groups is 1. The molecule has 0 saturated carbocycles. The van der Waals surface area contributed by atoms with Crippen LogP contribution in [-0.4, -0.2) is 22.2 Å². The second-order valence-corrected chi connectivity index (χ2v) is 2.11. The normalized spacial score (nSPS) is 10.2. The Kier molecular flexibility index (Phi) is 2.74. The van der Waals surface area contributed by atoms with Gasteiger partial charge in [0, 0.05) is 18.0 Å². The topological polar surface area (TPSA) is 119 Å². The van der Waals surface area contributed by atoms with E-state index in [-0.39, 0.29) is 5.95 Å². The lowest BCUT2D eigenvalue weighted by molar-refractivity contribution is 0.249. The van der Waals surface area contributed by atoms with Gasteiger partial charge >= 0.3 is 6.03 Å². The molecule has 0 aliphatic heterocycles. The molecule has 0 aliphatic carbocycles. The van der Waals surface area contributed by atoms with Crippen molar-refractivity contribution >= 4 is 18.2 Å². The van der Waals surface area contributed by atoms with Gasteiger partial charge in [-0.05, 0) is 0 Å². The average molecular weight is 180 g/mol. The van der Waals surface area contributed by atoms with Crippen molar-refractivity contribution in [2.45, 2.75) is 0 Å². The van der Waals surface area contributed by atoms with E-state index in [0.29, 0.717) is 5.56 Å². The summed E-state index contributed by atoms with van der Waals surface area (Å²) in [6, 6.07) is -0.729. The van der Waals surface area contributed by atoms with E-state index in [0.717, 1.165) is 0 Å². The minimum atomic E-state index is -0.729. The molecule has 1 heterocycles. The van der Waals surface area contributed by atoms with Gasteiger partial charge in [-0.25, -0.2) is 20.2 Å². The smallest absolute Gasteiger partial charge is 0.332 e. The third-order valence-electron chi connectivity index (χ3n) is 1.08. The minimum Gasteiger partial charge on any atom is -0.368 e. The van der Waals surface area contributed by atoms with Crippen molar-refractivity contribution < 1.29 is 4.79 Å². The maximum Gasteiger partial charge on any atom is 0.332 e. The van der Waals surface area contributed by atoms with E-state index in [4.69, 9.17) is 11.5 Å². The van der Waals surface area contributed by atoms with E-state index in [1.807, 2.05) is 5.43 Å². The number of nitrogens with two attached hydrogens (primary N) is 2. The van der Waals surface area contributed by atoms with E-state index in [2.05, 4.69) is 15.1 Å². The molecule has 0 aromatic carbocycles. The molecule has 0 aliphatic rings. The molecule has 0 atom stereocenters. The van der Waals surface area contributed by atoms with Crippen LogP contribution in [0.2, 0.25) is 0 Å². The van der Waals surface area contributed by atoms with Crippen molar-refractivity contribution in [3.63, 3.8) is 0 Å². The van der Waals surface area contributed by atoms with E-state index in [9.17, 15) is 4.79 Å². The van der Waals surface area contributed by atoms with Gasteiger partial charge in [-0.15, -0.1) is 0 Å². The Morgan fingerprint density at radius 3 is 2.69 bits per heavy atom. The maximum absolute atomic E-state index is 10.2. The molecule has 7 nitrogen and oxygen atoms in total. The molecule has 0 fully saturated rings. The minimum absolute atomic E-state index is 0.181. The SMILES string of the molecule is NC(=O)N/N=C/c1cnc(N)nc1. The molecule has 0 bridgehead atoms. The third-order valence-corrected chi connectivity index (χ3v) is 1.08. The molecule has 0 saturated heterocycles. The first-order chi connectivity index (χ1) is 6.18. The summed E-state index contributed by atoms with van der Waals surface area (Å²) in [4.78, 5) is 17.6. The summed E-state index contributed by atoms with van der Waals surface area (Å²) >= 11 is 0. The number of anilines is 1. The molecule has 1 aromatic rings. The highest BCUT2D eigenvalue weighted by molar-refractivity contribution is 5.80. The standard InChI is InChI=1S/C6H8N6O/c7-5-9-1-4(2-10-5)3-11-12-6(8)13/h1-3H,(H2,7,9,10)(H3,8,12,13)/b11-3+. The second kappa shape index (κ2) is 4.00. The number of amides is 2. The van der Waals surface area contributed by atoms with Crippen molar-refractivity contribution in [1.29, 1.82) is 0 Å². The van der Waals surface area contributed by atoms with Gasteiger partial charge in [-0.3, -0.25) is 0 Å². The molecule has 1 aromatic heterocycles. The van der Waals surface area contributed by atoms with E-state index >= 15 is 0 Å². The highest BCUT2D eigenvalue weighted by atomic mass is 16.2. The zero-order valence-corrected chi connectivity index (χ0v) is 6.64. The molecule has 1 rings (SSSR count). The number of primary amides is 1. The number of nitrogens with zero attached hydrogens (tertiary/aromatic N) is 3. The zero-order valence-electron chi connectivity index (χ0n) is 6.64. The molecule has 0 unspecified atom stereocenters. The van der Waals surface area contributed by atoms with Gasteiger partial charge < -0.3 is 11.5 Å². The van der Waals surface area contributed by atoms with Crippen molar-refractivity contribution in [2.24, 2.45) is 10.8 Å². The van der Waals surface area contributed by atoms with Crippen molar-refractivity contribution in [3.05, 3.63) is 18.0 Å². The van der Waals surface area contributed by atoms with Crippen LogP contribution in [0.4, 0.5) is 10.7 Å². The molecular weight excluding hydrogens is 172 g/mol. The summed E-state index contributed by atoms with van der Waals surface area (Å²) in [5.41, 5.74) is 12.7. The molecule has 5 N–H and O–H groups in total. The largest absolute Gasteiger partial charge is 0.368 e. The molecule has 68 valence electrons. The highest BCUT2D eigenvalue weighted by Crippen LogP contribution is 1.91. The van der Waals surface area contributed by atoms with Gasteiger partial charge in [0.2, 0.25) is 5.95 Å². The van der Waals surface area contributed by atoms with E-state index < -0.39 is 6.03 Å². The van der Waals surface area contributed by atoms with Crippen LogP contribution in [0.1, 0.15) is 5.56 Å². The summed E-state index contributed by atoms with van der Waals surface area (Å²) in [5, 5.41) is 3.50. The maximum atomic E-state index is 10.2. The number of rotatable bonds is 2. The van der Waals surface area contributed by atoms with Crippen molar-refractivity contribution in [3.8, 4) is 0 Å². The Hall–Kier alpha value is -2.18. The number of carbonyl (C=O) groups excluding carboxylic acids is 1. The lowest BCUT2D eigenvalue weighted by atomic mass is 10.4. The first-order valence-electron chi connectivity index (χ1n) is 3.34. The van der Waals surface area contributed by atoms with E-state index in [1.54, 1.807) is 0 Å². The first-order valence-corrected chi connectivity index (χ1v) is 3.34. The molecular formula is C6H8N6O. The predicted octanol–water partition coefficient (Wildman–Crippen LogP) is -0.939. The van der Waals surface area contributed by atoms with Crippen molar-refractivity contribution in [1.82, 2.24) is 15.4 Å². The molecule has 13 heavy (non-hydrogen) atoms. The quantitative estimate of drug-likeness (QED) is 0.402. The number of aromatic nitrogens is 2. The highest BCUT2D eigenvalue weighted by Gasteiger charge is 1.90. The van der Waals surface area contributed by atoms with E-state index in [1.165, 1.54) is 18.6 Å². The summed E-state index contributed by atoms with van der Waals surface area (Å²) in [6.07, 6.45) is 4.28. The Balaban J connectivity index is 2.59. The average Bonchev–Trinajstić information content (AvgIpc) is 2.08. The number of hydrogen-bond acceptors (Lipinski definition) is 5. The molecule has 2 amide bonds. The number of hydrazone groups is 1. The van der Waals surface area contributed by atoms with Gasteiger partial charge in [0.25, 0.3) is 0 Å². The lowest BCUT2D eigenvalue weighted by Crippen LogP contribution is -2.24. The molecule has 0 radical (unpaired) electrons.